The minimum absolute atomic E-state index is 0.0134. The van der Waals surface area contributed by atoms with E-state index in [2.05, 4.69) is 54.8 Å². The molecule has 1 unspecified atom stereocenters. The van der Waals surface area contributed by atoms with E-state index in [0.717, 1.165) is 21.9 Å². The molecule has 1 atom stereocenters. The van der Waals surface area contributed by atoms with Gasteiger partial charge in [-0.15, -0.1) is 11.3 Å². The van der Waals surface area contributed by atoms with Crippen LogP contribution < -0.4 is 10.6 Å². The van der Waals surface area contributed by atoms with E-state index >= 15 is 0 Å². The first-order valence-electron chi connectivity index (χ1n) is 7.24. The fourth-order valence-corrected chi connectivity index (χ4v) is 4.10. The largest absolute Gasteiger partial charge is 0.357 e. The van der Waals surface area contributed by atoms with Gasteiger partial charge in [0.2, 0.25) is 0 Å². The van der Waals surface area contributed by atoms with Gasteiger partial charge in [0.1, 0.15) is 0 Å². The van der Waals surface area contributed by atoms with Crippen LogP contribution in [-0.4, -0.2) is 11.4 Å². The third kappa shape index (κ3) is 3.36. The molecule has 22 heavy (non-hydrogen) atoms. The van der Waals surface area contributed by atoms with E-state index in [9.17, 15) is 4.79 Å². The fourth-order valence-electron chi connectivity index (χ4n) is 2.20. The van der Waals surface area contributed by atoms with Gasteiger partial charge in [0.05, 0.1) is 4.91 Å². The first-order chi connectivity index (χ1) is 10.7. The van der Waals surface area contributed by atoms with Crippen LogP contribution in [-0.2, 0) is 11.2 Å². The Morgan fingerprint density at radius 2 is 2.05 bits per heavy atom. The molecule has 0 saturated carbocycles. The molecule has 1 saturated heterocycles. The maximum Gasteiger partial charge on any atom is 0.260 e. The fraction of sp³-hybridized carbons (Fsp3) is 0.235. The van der Waals surface area contributed by atoms with Gasteiger partial charge in [0.15, 0.2) is 5.50 Å². The maximum atomic E-state index is 12.1. The standard InChI is InChI=1S/C17H18N2OS2/c1-3-12-4-6-13(7-5-12)18-17-19-16(20)15(22-17)10-14-11(2)8-9-21-14/h4-10,17-18H,3H2,1-2H3,(H,19,20). The molecule has 2 N–H and O–H groups in total. The summed E-state index contributed by atoms with van der Waals surface area (Å²) in [6.07, 6.45) is 3.00. The lowest BCUT2D eigenvalue weighted by Crippen LogP contribution is -2.30. The van der Waals surface area contributed by atoms with Crippen molar-refractivity contribution in [3.8, 4) is 0 Å². The highest BCUT2D eigenvalue weighted by Gasteiger charge is 2.27. The Hall–Kier alpha value is -1.72. The SMILES string of the molecule is CCc1ccc(NC2NC(=O)C(=Cc3sccc3C)S2)cc1. The van der Waals surface area contributed by atoms with Crippen LogP contribution >= 0.6 is 23.1 Å². The molecule has 1 aliphatic heterocycles. The van der Waals surface area contributed by atoms with Crippen LogP contribution in [0, 0.1) is 6.92 Å². The Labute approximate surface area is 138 Å². The quantitative estimate of drug-likeness (QED) is 0.825. The van der Waals surface area contributed by atoms with Crippen molar-refractivity contribution in [1.82, 2.24) is 5.32 Å². The number of thioether (sulfide) groups is 1. The molecular weight excluding hydrogens is 312 g/mol. The zero-order valence-electron chi connectivity index (χ0n) is 12.6. The van der Waals surface area contributed by atoms with Crippen molar-refractivity contribution in [3.63, 3.8) is 0 Å². The van der Waals surface area contributed by atoms with Crippen LogP contribution in [0.4, 0.5) is 5.69 Å². The predicted octanol–water partition coefficient (Wildman–Crippen LogP) is 4.22. The van der Waals surface area contributed by atoms with Crippen molar-refractivity contribution < 1.29 is 4.79 Å². The molecule has 2 heterocycles. The Kier molecular flexibility index (Phi) is 4.55. The minimum atomic E-state index is -0.119. The molecule has 1 amide bonds. The average molecular weight is 330 g/mol. The van der Waals surface area contributed by atoms with E-state index in [-0.39, 0.29) is 11.4 Å². The molecule has 1 aromatic carbocycles. The first kappa shape index (κ1) is 15.2. The van der Waals surface area contributed by atoms with Crippen molar-refractivity contribution >= 4 is 40.8 Å². The molecule has 0 spiro atoms. The van der Waals surface area contributed by atoms with Crippen molar-refractivity contribution in [2.24, 2.45) is 0 Å². The van der Waals surface area contributed by atoms with Crippen LogP contribution in [0.1, 0.15) is 22.9 Å². The molecule has 2 aromatic rings. The van der Waals surface area contributed by atoms with Gasteiger partial charge in [-0.3, -0.25) is 4.79 Å². The van der Waals surface area contributed by atoms with Gasteiger partial charge >= 0.3 is 0 Å². The van der Waals surface area contributed by atoms with Crippen LogP contribution in [0.5, 0.6) is 0 Å². The summed E-state index contributed by atoms with van der Waals surface area (Å²) in [5.74, 6) is -0.0134. The number of carbonyl (C=O) groups is 1. The Morgan fingerprint density at radius 3 is 2.68 bits per heavy atom. The van der Waals surface area contributed by atoms with Gasteiger partial charge in [0, 0.05) is 10.6 Å². The molecule has 1 aliphatic rings. The molecule has 3 nitrogen and oxygen atoms in total. The summed E-state index contributed by atoms with van der Waals surface area (Å²) in [5, 5.41) is 8.35. The van der Waals surface area contributed by atoms with Gasteiger partial charge in [-0.05, 0) is 54.1 Å². The summed E-state index contributed by atoms with van der Waals surface area (Å²) in [5.41, 5.74) is 3.41. The molecule has 3 rings (SSSR count). The first-order valence-corrected chi connectivity index (χ1v) is 9.00. The molecule has 5 heteroatoms. The molecule has 114 valence electrons. The average Bonchev–Trinajstić information content (AvgIpc) is 3.07. The van der Waals surface area contributed by atoms with Gasteiger partial charge < -0.3 is 10.6 Å². The Balaban J connectivity index is 1.69. The number of anilines is 1. The monoisotopic (exact) mass is 330 g/mol. The summed E-state index contributed by atoms with van der Waals surface area (Å²) in [6.45, 7) is 4.20. The lowest BCUT2D eigenvalue weighted by molar-refractivity contribution is -0.116. The zero-order chi connectivity index (χ0) is 15.5. The lowest BCUT2D eigenvalue weighted by Gasteiger charge is -2.12. The summed E-state index contributed by atoms with van der Waals surface area (Å²) in [7, 11) is 0. The number of hydrogen-bond donors (Lipinski definition) is 2. The molecule has 0 bridgehead atoms. The molecule has 1 aromatic heterocycles. The maximum absolute atomic E-state index is 12.1. The van der Waals surface area contributed by atoms with E-state index in [1.54, 1.807) is 11.3 Å². The number of benzene rings is 1. The second kappa shape index (κ2) is 6.58. The normalized spacial score (nSPS) is 19.5. The van der Waals surface area contributed by atoms with Gasteiger partial charge in [-0.2, -0.15) is 0 Å². The number of aryl methyl sites for hydroxylation is 2. The predicted molar refractivity (Wildman–Crippen MR) is 96.0 cm³/mol. The van der Waals surface area contributed by atoms with Gasteiger partial charge in [-0.1, -0.05) is 30.8 Å². The van der Waals surface area contributed by atoms with Crippen molar-refractivity contribution in [2.45, 2.75) is 25.8 Å². The second-order valence-corrected chi connectivity index (χ2v) is 7.24. The number of amides is 1. The van der Waals surface area contributed by atoms with Crippen LogP contribution in [0.15, 0.2) is 40.6 Å². The topological polar surface area (TPSA) is 41.1 Å². The Bertz CT molecular complexity index is 704. The highest BCUT2D eigenvalue weighted by atomic mass is 32.2. The molecule has 1 fully saturated rings. The van der Waals surface area contributed by atoms with Crippen molar-refractivity contribution in [2.75, 3.05) is 5.32 Å². The van der Waals surface area contributed by atoms with Crippen molar-refractivity contribution in [1.29, 1.82) is 0 Å². The molecular formula is C17H18N2OS2. The Morgan fingerprint density at radius 1 is 1.27 bits per heavy atom. The lowest BCUT2D eigenvalue weighted by atomic mass is 10.1. The number of thiophene rings is 1. The minimum Gasteiger partial charge on any atom is -0.357 e. The summed E-state index contributed by atoms with van der Waals surface area (Å²) in [6, 6.07) is 10.4. The number of hydrogen-bond acceptors (Lipinski definition) is 4. The highest BCUT2D eigenvalue weighted by Crippen LogP contribution is 2.32. The van der Waals surface area contributed by atoms with E-state index in [1.165, 1.54) is 22.9 Å². The van der Waals surface area contributed by atoms with Crippen LogP contribution in [0.3, 0.4) is 0 Å². The highest BCUT2D eigenvalue weighted by molar-refractivity contribution is 8.05. The number of carbonyl (C=O) groups excluding carboxylic acids is 1. The third-order valence-electron chi connectivity index (χ3n) is 3.55. The van der Waals surface area contributed by atoms with Gasteiger partial charge in [0.25, 0.3) is 5.91 Å². The van der Waals surface area contributed by atoms with Crippen LogP contribution in [0.25, 0.3) is 6.08 Å². The zero-order valence-corrected chi connectivity index (χ0v) is 14.2. The number of rotatable bonds is 4. The smallest absolute Gasteiger partial charge is 0.260 e. The van der Waals surface area contributed by atoms with Crippen LogP contribution in [0.2, 0.25) is 0 Å². The third-order valence-corrected chi connectivity index (χ3v) is 5.55. The van der Waals surface area contributed by atoms with E-state index in [0.29, 0.717) is 0 Å². The summed E-state index contributed by atoms with van der Waals surface area (Å²) in [4.78, 5) is 14.0. The summed E-state index contributed by atoms with van der Waals surface area (Å²) < 4.78 is 0. The van der Waals surface area contributed by atoms with E-state index < -0.39 is 0 Å². The second-order valence-electron chi connectivity index (χ2n) is 5.14. The number of nitrogens with one attached hydrogen (secondary N) is 2. The van der Waals surface area contributed by atoms with Crippen molar-refractivity contribution in [3.05, 3.63) is 56.6 Å². The van der Waals surface area contributed by atoms with E-state index in [1.807, 2.05) is 11.5 Å². The molecule has 0 aliphatic carbocycles. The van der Waals surface area contributed by atoms with Gasteiger partial charge in [-0.25, -0.2) is 0 Å². The summed E-state index contributed by atoms with van der Waals surface area (Å²) >= 11 is 3.18. The molecule has 0 radical (unpaired) electrons. The van der Waals surface area contributed by atoms with E-state index in [4.69, 9.17) is 0 Å².